The van der Waals surface area contributed by atoms with Crippen LogP contribution in [0.5, 0.6) is 0 Å². The summed E-state index contributed by atoms with van der Waals surface area (Å²) in [5, 5.41) is 8.56. The van der Waals surface area contributed by atoms with Gasteiger partial charge in [0, 0.05) is 12.7 Å². The van der Waals surface area contributed by atoms with E-state index in [9.17, 15) is 8.42 Å². The molecule has 13 heavy (non-hydrogen) atoms. The number of nitrogens with two attached hydrogens (primary N) is 2. The fraction of sp³-hybridized carbons (Fsp3) is 0.400. The van der Waals surface area contributed by atoms with Crippen LogP contribution in [0.3, 0.4) is 0 Å². The number of hydrogen-bond donors (Lipinski definition) is 3. The lowest BCUT2D eigenvalue weighted by Crippen LogP contribution is -2.33. The Labute approximate surface area is 75.9 Å². The van der Waals surface area contributed by atoms with Crippen LogP contribution in [0.4, 0.5) is 5.69 Å². The van der Waals surface area contributed by atoms with Crippen molar-refractivity contribution in [1.29, 1.82) is 0 Å². The topological polar surface area (TPSA) is 116 Å². The lowest BCUT2D eigenvalue weighted by molar-refractivity contribution is 0.562. The second kappa shape index (κ2) is 3.73. The molecule has 0 bridgehead atoms. The first-order valence-corrected chi connectivity index (χ1v) is 5.07. The number of hydrogen-bond acceptors (Lipinski definition) is 4. The SMILES string of the molecule is Nc1cnn(CCNS(N)(=O)=O)c1. The van der Waals surface area contributed by atoms with E-state index in [0.717, 1.165) is 0 Å². The predicted molar refractivity (Wildman–Crippen MR) is 47.7 cm³/mol. The summed E-state index contributed by atoms with van der Waals surface area (Å²) in [7, 11) is -3.61. The summed E-state index contributed by atoms with van der Waals surface area (Å²) in [6.45, 7) is 0.591. The minimum absolute atomic E-state index is 0.194. The minimum atomic E-state index is -3.61. The second-order valence-corrected chi connectivity index (χ2v) is 3.85. The molecule has 0 fully saturated rings. The number of nitrogens with zero attached hydrogens (tertiary/aromatic N) is 2. The zero-order valence-corrected chi connectivity index (χ0v) is 7.66. The van der Waals surface area contributed by atoms with E-state index in [-0.39, 0.29) is 6.54 Å². The molecule has 0 aliphatic rings. The van der Waals surface area contributed by atoms with E-state index in [1.165, 1.54) is 10.9 Å². The highest BCUT2D eigenvalue weighted by atomic mass is 32.2. The smallest absolute Gasteiger partial charge is 0.274 e. The fourth-order valence-corrected chi connectivity index (χ4v) is 1.18. The van der Waals surface area contributed by atoms with Gasteiger partial charge in [0.15, 0.2) is 0 Å². The lowest BCUT2D eigenvalue weighted by atomic mass is 10.6. The van der Waals surface area contributed by atoms with Crippen LogP contribution in [-0.4, -0.2) is 24.7 Å². The van der Waals surface area contributed by atoms with Crippen LogP contribution in [0.1, 0.15) is 0 Å². The van der Waals surface area contributed by atoms with Gasteiger partial charge < -0.3 is 5.73 Å². The van der Waals surface area contributed by atoms with E-state index in [4.69, 9.17) is 10.9 Å². The molecule has 8 heteroatoms. The van der Waals surface area contributed by atoms with Crippen LogP contribution >= 0.6 is 0 Å². The quantitative estimate of drug-likeness (QED) is 0.541. The summed E-state index contributed by atoms with van der Waals surface area (Å²) in [5.41, 5.74) is 5.93. The third-order valence-corrected chi connectivity index (χ3v) is 1.90. The molecular weight excluding hydrogens is 194 g/mol. The largest absolute Gasteiger partial charge is 0.396 e. The van der Waals surface area contributed by atoms with E-state index >= 15 is 0 Å². The molecule has 1 rings (SSSR count). The van der Waals surface area contributed by atoms with Crippen LogP contribution in [0.2, 0.25) is 0 Å². The van der Waals surface area contributed by atoms with Gasteiger partial charge in [-0.1, -0.05) is 0 Å². The summed E-state index contributed by atoms with van der Waals surface area (Å²) in [4.78, 5) is 0. The highest BCUT2D eigenvalue weighted by molar-refractivity contribution is 7.87. The van der Waals surface area contributed by atoms with E-state index in [2.05, 4.69) is 9.82 Å². The van der Waals surface area contributed by atoms with Crippen molar-refractivity contribution in [2.45, 2.75) is 6.54 Å². The Morgan fingerprint density at radius 3 is 2.77 bits per heavy atom. The molecule has 0 spiro atoms. The van der Waals surface area contributed by atoms with Crippen molar-refractivity contribution in [3.8, 4) is 0 Å². The molecule has 0 radical (unpaired) electrons. The maximum Gasteiger partial charge on any atom is 0.274 e. The fourth-order valence-electron chi connectivity index (χ4n) is 0.804. The number of nitrogen functional groups attached to an aromatic ring is 1. The van der Waals surface area contributed by atoms with Crippen molar-refractivity contribution in [2.75, 3.05) is 12.3 Å². The van der Waals surface area contributed by atoms with Gasteiger partial charge in [0.2, 0.25) is 0 Å². The van der Waals surface area contributed by atoms with Gasteiger partial charge >= 0.3 is 0 Å². The normalized spacial score (nSPS) is 11.8. The number of nitrogens with one attached hydrogen (secondary N) is 1. The van der Waals surface area contributed by atoms with E-state index in [1.807, 2.05) is 0 Å². The Morgan fingerprint density at radius 2 is 2.31 bits per heavy atom. The monoisotopic (exact) mass is 205 g/mol. The molecule has 0 aromatic carbocycles. The number of rotatable bonds is 4. The highest BCUT2D eigenvalue weighted by Gasteiger charge is 2.00. The summed E-state index contributed by atoms with van der Waals surface area (Å²) >= 11 is 0. The zero-order chi connectivity index (χ0) is 9.90. The Morgan fingerprint density at radius 1 is 1.62 bits per heavy atom. The third-order valence-electron chi connectivity index (χ3n) is 1.30. The van der Waals surface area contributed by atoms with Crippen LogP contribution in [0.25, 0.3) is 0 Å². The standard InChI is InChI=1S/C5H11N5O2S/c6-5-3-8-10(4-5)2-1-9-13(7,11)12/h3-4,9H,1-2,6H2,(H2,7,11,12). The van der Waals surface area contributed by atoms with Crippen molar-refractivity contribution >= 4 is 15.9 Å². The molecule has 0 unspecified atom stereocenters. The predicted octanol–water partition coefficient (Wildman–Crippen LogP) is -1.74. The Balaban J connectivity index is 2.36. The molecule has 0 aliphatic heterocycles. The van der Waals surface area contributed by atoms with E-state index in [1.54, 1.807) is 6.20 Å². The first-order chi connectivity index (χ1) is 5.97. The lowest BCUT2D eigenvalue weighted by Gasteiger charge is -2.01. The van der Waals surface area contributed by atoms with Gasteiger partial charge in [-0.15, -0.1) is 0 Å². The highest BCUT2D eigenvalue weighted by Crippen LogP contribution is 1.96. The molecule has 0 saturated carbocycles. The molecule has 0 amide bonds. The molecule has 7 nitrogen and oxygen atoms in total. The van der Waals surface area contributed by atoms with Crippen LogP contribution in [-0.2, 0) is 16.8 Å². The Hall–Kier alpha value is -1.12. The molecule has 0 atom stereocenters. The summed E-state index contributed by atoms with van der Waals surface area (Å²) < 4.78 is 24.5. The van der Waals surface area contributed by atoms with Gasteiger partial charge in [-0.05, 0) is 0 Å². The van der Waals surface area contributed by atoms with Crippen molar-refractivity contribution < 1.29 is 8.42 Å². The van der Waals surface area contributed by atoms with Crippen LogP contribution in [0.15, 0.2) is 12.4 Å². The minimum Gasteiger partial charge on any atom is -0.396 e. The van der Waals surface area contributed by atoms with Gasteiger partial charge in [-0.2, -0.15) is 13.5 Å². The molecule has 1 heterocycles. The summed E-state index contributed by atoms with van der Waals surface area (Å²) in [5.74, 6) is 0. The first-order valence-electron chi connectivity index (χ1n) is 3.53. The van der Waals surface area contributed by atoms with Crippen molar-refractivity contribution in [1.82, 2.24) is 14.5 Å². The molecule has 74 valence electrons. The average Bonchev–Trinajstić information content (AvgIpc) is 2.33. The first kappa shape index (κ1) is 9.96. The number of aromatic nitrogens is 2. The molecule has 0 saturated heterocycles. The maximum atomic E-state index is 10.4. The Bertz CT molecular complexity index is 370. The van der Waals surface area contributed by atoms with Crippen molar-refractivity contribution in [2.24, 2.45) is 5.14 Å². The van der Waals surface area contributed by atoms with E-state index < -0.39 is 10.2 Å². The van der Waals surface area contributed by atoms with Gasteiger partial charge in [0.05, 0.1) is 18.4 Å². The molecule has 1 aromatic rings. The number of anilines is 1. The van der Waals surface area contributed by atoms with Crippen LogP contribution in [0, 0.1) is 0 Å². The van der Waals surface area contributed by atoms with Gasteiger partial charge in [0.25, 0.3) is 10.2 Å². The summed E-state index contributed by atoms with van der Waals surface area (Å²) in [6, 6.07) is 0. The molecule has 5 N–H and O–H groups in total. The van der Waals surface area contributed by atoms with Crippen molar-refractivity contribution in [3.05, 3.63) is 12.4 Å². The van der Waals surface area contributed by atoms with Crippen LogP contribution < -0.4 is 15.6 Å². The van der Waals surface area contributed by atoms with Gasteiger partial charge in [0.1, 0.15) is 0 Å². The van der Waals surface area contributed by atoms with E-state index in [0.29, 0.717) is 12.2 Å². The van der Waals surface area contributed by atoms with Gasteiger partial charge in [-0.25, -0.2) is 9.86 Å². The third kappa shape index (κ3) is 3.87. The molecule has 0 aliphatic carbocycles. The Kier molecular flexibility index (Phi) is 2.86. The van der Waals surface area contributed by atoms with Gasteiger partial charge in [-0.3, -0.25) is 4.68 Å². The summed E-state index contributed by atoms with van der Waals surface area (Å²) in [6.07, 6.45) is 3.09. The molecular formula is C5H11N5O2S. The molecule has 1 aromatic heterocycles. The second-order valence-electron chi connectivity index (χ2n) is 2.48. The van der Waals surface area contributed by atoms with Crippen molar-refractivity contribution in [3.63, 3.8) is 0 Å². The zero-order valence-electron chi connectivity index (χ0n) is 6.84. The maximum absolute atomic E-state index is 10.4. The average molecular weight is 205 g/mol.